The van der Waals surface area contributed by atoms with E-state index in [0.29, 0.717) is 24.3 Å². The Kier molecular flexibility index (Phi) is 4.37. The maximum absolute atomic E-state index is 9.92. The Balaban J connectivity index is 1.65. The second-order valence-electron chi connectivity index (χ2n) is 7.40. The van der Waals surface area contributed by atoms with Crippen LogP contribution in [0, 0.1) is 0 Å². The van der Waals surface area contributed by atoms with E-state index in [1.54, 1.807) is 0 Å². The van der Waals surface area contributed by atoms with Gasteiger partial charge in [0.1, 0.15) is 0 Å². The van der Waals surface area contributed by atoms with E-state index in [4.69, 9.17) is 4.74 Å². The predicted molar refractivity (Wildman–Crippen MR) is 79.8 cm³/mol. The summed E-state index contributed by atoms with van der Waals surface area (Å²) in [5.41, 5.74) is -0.0611. The van der Waals surface area contributed by atoms with Crippen molar-refractivity contribution in [1.29, 1.82) is 0 Å². The molecule has 20 heavy (non-hydrogen) atoms. The van der Waals surface area contributed by atoms with Crippen LogP contribution in [0.3, 0.4) is 0 Å². The Morgan fingerprint density at radius 1 is 1.25 bits per heavy atom. The molecule has 4 nitrogen and oxygen atoms in total. The van der Waals surface area contributed by atoms with Crippen molar-refractivity contribution in [1.82, 2.24) is 10.2 Å². The molecule has 0 aromatic rings. The third-order valence-corrected chi connectivity index (χ3v) is 5.30. The van der Waals surface area contributed by atoms with Crippen LogP contribution >= 0.6 is 0 Å². The van der Waals surface area contributed by atoms with Gasteiger partial charge in [-0.25, -0.2) is 0 Å². The number of likely N-dealkylation sites (tertiary alicyclic amines) is 1. The van der Waals surface area contributed by atoms with E-state index in [0.717, 1.165) is 25.9 Å². The highest BCUT2D eigenvalue weighted by Crippen LogP contribution is 2.35. The number of nitrogens with one attached hydrogen (secondary N) is 1. The number of aliphatic hydroxyl groups is 1. The summed E-state index contributed by atoms with van der Waals surface area (Å²) in [6.45, 7) is 6.82. The van der Waals surface area contributed by atoms with Crippen molar-refractivity contribution >= 4 is 0 Å². The summed E-state index contributed by atoms with van der Waals surface area (Å²) in [5, 5.41) is 13.6. The highest BCUT2D eigenvalue weighted by molar-refractivity contribution is 4.99. The summed E-state index contributed by atoms with van der Waals surface area (Å²) in [5.74, 6) is 0. The van der Waals surface area contributed by atoms with Gasteiger partial charge in [-0.2, -0.15) is 0 Å². The second kappa shape index (κ2) is 5.91. The van der Waals surface area contributed by atoms with Crippen molar-refractivity contribution in [3.63, 3.8) is 0 Å². The fraction of sp³-hybridized carbons (Fsp3) is 1.00. The van der Waals surface area contributed by atoms with Crippen molar-refractivity contribution in [3.8, 4) is 0 Å². The highest BCUT2D eigenvalue weighted by Gasteiger charge is 2.42. The minimum absolute atomic E-state index is 0.0611. The van der Waals surface area contributed by atoms with Crippen LogP contribution in [0.2, 0.25) is 0 Å². The first kappa shape index (κ1) is 14.8. The van der Waals surface area contributed by atoms with E-state index in [1.165, 1.54) is 25.7 Å². The average molecular weight is 282 g/mol. The lowest BCUT2D eigenvalue weighted by atomic mass is 9.78. The Morgan fingerprint density at radius 3 is 2.55 bits per heavy atom. The Hall–Kier alpha value is -0.160. The van der Waals surface area contributed by atoms with Crippen LogP contribution in [0.25, 0.3) is 0 Å². The second-order valence-corrected chi connectivity index (χ2v) is 7.40. The van der Waals surface area contributed by atoms with Crippen LogP contribution < -0.4 is 5.32 Å². The third-order valence-electron chi connectivity index (χ3n) is 5.30. The monoisotopic (exact) mass is 282 g/mol. The van der Waals surface area contributed by atoms with Crippen LogP contribution in [-0.2, 0) is 4.74 Å². The molecule has 1 saturated carbocycles. The van der Waals surface area contributed by atoms with Gasteiger partial charge in [0.25, 0.3) is 0 Å². The first-order valence-electron chi connectivity index (χ1n) is 8.38. The molecule has 1 aliphatic carbocycles. The summed E-state index contributed by atoms with van der Waals surface area (Å²) in [6.07, 6.45) is 8.11. The number of ether oxygens (including phenoxy) is 1. The van der Waals surface area contributed by atoms with E-state index in [-0.39, 0.29) is 12.1 Å². The van der Waals surface area contributed by atoms with Gasteiger partial charge in [-0.15, -0.1) is 0 Å². The minimum Gasteiger partial charge on any atom is -0.394 e. The first-order valence-corrected chi connectivity index (χ1v) is 8.38. The summed E-state index contributed by atoms with van der Waals surface area (Å²) in [6, 6.07) is 1.05. The maximum Gasteiger partial charge on any atom is 0.0707 e. The molecule has 0 aromatic heterocycles. The molecular weight excluding hydrogens is 252 g/mol. The largest absolute Gasteiger partial charge is 0.394 e. The lowest BCUT2D eigenvalue weighted by Gasteiger charge is -2.47. The quantitative estimate of drug-likeness (QED) is 0.821. The van der Waals surface area contributed by atoms with Gasteiger partial charge in [-0.3, -0.25) is 4.90 Å². The summed E-state index contributed by atoms with van der Waals surface area (Å²) >= 11 is 0. The molecule has 116 valence electrons. The third kappa shape index (κ3) is 3.03. The molecule has 0 amide bonds. The zero-order chi connectivity index (χ0) is 14.2. The molecule has 4 unspecified atom stereocenters. The molecule has 0 aromatic carbocycles. The molecule has 4 atom stereocenters. The molecule has 3 rings (SSSR count). The molecule has 0 spiro atoms. The zero-order valence-corrected chi connectivity index (χ0v) is 13.0. The van der Waals surface area contributed by atoms with Crippen molar-refractivity contribution in [2.75, 3.05) is 19.7 Å². The number of fused-ring (bicyclic) bond motifs is 2. The topological polar surface area (TPSA) is 44.7 Å². The van der Waals surface area contributed by atoms with Gasteiger partial charge in [-0.05, 0) is 38.5 Å². The van der Waals surface area contributed by atoms with Crippen LogP contribution in [0.5, 0.6) is 0 Å². The van der Waals surface area contributed by atoms with E-state index in [2.05, 4.69) is 24.1 Å². The normalized spacial score (nSPS) is 42.3. The standard InChI is InChI=1S/C16H30N2O2/c1-12(2)17-16(11-19)7-3-4-13(8-16)18-9-14-5-6-15(10-18)20-14/h12-15,17,19H,3-11H2,1-2H3. The van der Waals surface area contributed by atoms with Crippen molar-refractivity contribution < 1.29 is 9.84 Å². The molecule has 2 N–H and O–H groups in total. The van der Waals surface area contributed by atoms with Crippen molar-refractivity contribution in [2.24, 2.45) is 0 Å². The molecule has 2 saturated heterocycles. The van der Waals surface area contributed by atoms with Gasteiger partial charge in [-0.1, -0.05) is 13.8 Å². The molecule has 0 radical (unpaired) electrons. The number of rotatable bonds is 4. The van der Waals surface area contributed by atoms with E-state index < -0.39 is 0 Å². The van der Waals surface area contributed by atoms with Gasteiger partial charge in [0, 0.05) is 30.7 Å². The Bertz CT molecular complexity index is 324. The number of hydrogen-bond donors (Lipinski definition) is 2. The summed E-state index contributed by atoms with van der Waals surface area (Å²) in [4.78, 5) is 2.65. The molecule has 4 heteroatoms. The SMILES string of the molecule is CC(C)NC1(CO)CCCC(N2CC3CCC(C2)O3)C1. The molecular formula is C16H30N2O2. The van der Waals surface area contributed by atoms with Crippen LogP contribution in [0.4, 0.5) is 0 Å². The molecule has 2 bridgehead atoms. The lowest BCUT2D eigenvalue weighted by molar-refractivity contribution is -0.0658. The number of morpholine rings is 1. The highest BCUT2D eigenvalue weighted by atomic mass is 16.5. The fourth-order valence-corrected chi connectivity index (χ4v) is 4.52. The zero-order valence-electron chi connectivity index (χ0n) is 13.0. The number of aliphatic hydroxyl groups excluding tert-OH is 1. The average Bonchev–Trinajstić information content (AvgIpc) is 2.77. The van der Waals surface area contributed by atoms with Gasteiger partial charge in [0.05, 0.1) is 18.8 Å². The maximum atomic E-state index is 9.92. The summed E-state index contributed by atoms with van der Waals surface area (Å²) < 4.78 is 5.95. The molecule has 3 fully saturated rings. The fourth-order valence-electron chi connectivity index (χ4n) is 4.52. The van der Waals surface area contributed by atoms with Crippen LogP contribution in [0.15, 0.2) is 0 Å². The minimum atomic E-state index is -0.0611. The number of nitrogens with zero attached hydrogens (tertiary/aromatic N) is 1. The molecule has 3 aliphatic rings. The van der Waals surface area contributed by atoms with Crippen LogP contribution in [-0.4, -0.2) is 59.5 Å². The Morgan fingerprint density at radius 2 is 1.95 bits per heavy atom. The number of hydrogen-bond acceptors (Lipinski definition) is 4. The van der Waals surface area contributed by atoms with Gasteiger partial charge >= 0.3 is 0 Å². The van der Waals surface area contributed by atoms with E-state index in [9.17, 15) is 5.11 Å². The Labute approximate surface area is 122 Å². The van der Waals surface area contributed by atoms with Crippen molar-refractivity contribution in [2.45, 2.75) is 82.2 Å². The van der Waals surface area contributed by atoms with Gasteiger partial charge in [0.15, 0.2) is 0 Å². The smallest absolute Gasteiger partial charge is 0.0707 e. The first-order chi connectivity index (χ1) is 9.60. The van der Waals surface area contributed by atoms with Crippen molar-refractivity contribution in [3.05, 3.63) is 0 Å². The van der Waals surface area contributed by atoms with E-state index in [1.807, 2.05) is 0 Å². The summed E-state index contributed by atoms with van der Waals surface area (Å²) in [7, 11) is 0. The molecule has 2 aliphatic heterocycles. The van der Waals surface area contributed by atoms with Gasteiger partial charge < -0.3 is 15.2 Å². The lowest BCUT2D eigenvalue weighted by Crippen LogP contribution is -2.59. The van der Waals surface area contributed by atoms with Gasteiger partial charge in [0.2, 0.25) is 0 Å². The molecule has 2 heterocycles. The van der Waals surface area contributed by atoms with Crippen LogP contribution in [0.1, 0.15) is 52.4 Å². The van der Waals surface area contributed by atoms with E-state index >= 15 is 0 Å². The predicted octanol–water partition coefficient (Wildman–Crippen LogP) is 1.52.